The Balaban J connectivity index is 2.28. The van der Waals surface area contributed by atoms with E-state index in [0.29, 0.717) is 5.02 Å². The zero-order valence-electron chi connectivity index (χ0n) is 11.8. The van der Waals surface area contributed by atoms with Crippen molar-refractivity contribution in [3.05, 3.63) is 28.4 Å². The van der Waals surface area contributed by atoms with E-state index in [1.54, 1.807) is 7.11 Å². The number of methoxy groups -OCH3 is 1. The molecular formula is C15H19ClN2O. The summed E-state index contributed by atoms with van der Waals surface area (Å²) in [6.45, 7) is 5.37. The Morgan fingerprint density at radius 3 is 2.79 bits per heavy atom. The fourth-order valence-electron chi connectivity index (χ4n) is 2.95. The summed E-state index contributed by atoms with van der Waals surface area (Å²) in [5, 5.41) is 5.49. The van der Waals surface area contributed by atoms with Crippen molar-refractivity contribution in [1.29, 1.82) is 0 Å². The van der Waals surface area contributed by atoms with Gasteiger partial charge < -0.3 is 14.6 Å². The SMILES string of the molecule is COc1cc2c3c(n(C)c2cc1Cl)CC(C)(C)NC3. The third-order valence-corrected chi connectivity index (χ3v) is 4.36. The zero-order chi connectivity index (χ0) is 13.8. The largest absolute Gasteiger partial charge is 0.495 e. The number of fused-ring (bicyclic) bond motifs is 3. The standard InChI is InChI=1S/C15H19ClN2O/c1-15(2)7-13-10(8-17-15)9-5-14(19-4)11(16)6-12(9)18(13)3/h5-6,17H,7-8H2,1-4H3. The van der Waals surface area contributed by atoms with Crippen LogP contribution in [0.3, 0.4) is 0 Å². The average molecular weight is 279 g/mol. The van der Waals surface area contributed by atoms with Crippen molar-refractivity contribution < 1.29 is 4.74 Å². The predicted molar refractivity (Wildman–Crippen MR) is 79.1 cm³/mol. The molecule has 1 N–H and O–H groups in total. The molecule has 0 saturated heterocycles. The van der Waals surface area contributed by atoms with E-state index >= 15 is 0 Å². The van der Waals surface area contributed by atoms with Gasteiger partial charge in [0.25, 0.3) is 0 Å². The van der Waals surface area contributed by atoms with Gasteiger partial charge in [-0.15, -0.1) is 0 Å². The van der Waals surface area contributed by atoms with Crippen LogP contribution in [-0.2, 0) is 20.0 Å². The van der Waals surface area contributed by atoms with E-state index in [4.69, 9.17) is 16.3 Å². The molecular weight excluding hydrogens is 260 g/mol. The van der Waals surface area contributed by atoms with Crippen molar-refractivity contribution in [1.82, 2.24) is 9.88 Å². The average Bonchev–Trinajstić information content (AvgIpc) is 2.60. The van der Waals surface area contributed by atoms with Crippen molar-refractivity contribution in [2.75, 3.05) is 7.11 Å². The van der Waals surface area contributed by atoms with Crippen LogP contribution >= 0.6 is 11.6 Å². The van der Waals surface area contributed by atoms with Gasteiger partial charge in [0.1, 0.15) is 5.75 Å². The molecule has 0 amide bonds. The molecule has 0 aliphatic carbocycles. The third kappa shape index (κ3) is 1.92. The van der Waals surface area contributed by atoms with Crippen LogP contribution in [0.5, 0.6) is 5.75 Å². The van der Waals surface area contributed by atoms with Gasteiger partial charge in [0.05, 0.1) is 17.6 Å². The number of aromatic nitrogens is 1. The van der Waals surface area contributed by atoms with Crippen molar-refractivity contribution in [2.24, 2.45) is 7.05 Å². The van der Waals surface area contributed by atoms with Crippen LogP contribution in [0.25, 0.3) is 10.9 Å². The van der Waals surface area contributed by atoms with E-state index in [1.165, 1.54) is 22.2 Å². The zero-order valence-corrected chi connectivity index (χ0v) is 12.6. The highest BCUT2D eigenvalue weighted by atomic mass is 35.5. The van der Waals surface area contributed by atoms with Gasteiger partial charge >= 0.3 is 0 Å². The molecule has 3 nitrogen and oxygen atoms in total. The number of ether oxygens (including phenoxy) is 1. The van der Waals surface area contributed by atoms with Gasteiger partial charge in [0.2, 0.25) is 0 Å². The molecule has 4 heteroatoms. The number of hydrogen-bond donors (Lipinski definition) is 1. The Labute approximate surface area is 118 Å². The molecule has 0 unspecified atom stereocenters. The topological polar surface area (TPSA) is 26.2 Å². The van der Waals surface area contributed by atoms with Crippen LogP contribution in [0.4, 0.5) is 0 Å². The number of hydrogen-bond acceptors (Lipinski definition) is 2. The molecule has 0 atom stereocenters. The molecule has 0 spiro atoms. The second-order valence-electron chi connectivity index (χ2n) is 5.90. The lowest BCUT2D eigenvalue weighted by Crippen LogP contribution is -2.44. The van der Waals surface area contributed by atoms with Crippen LogP contribution in [0.15, 0.2) is 12.1 Å². The first-order valence-corrected chi connectivity index (χ1v) is 6.89. The monoisotopic (exact) mass is 278 g/mol. The molecule has 0 saturated carbocycles. The fraction of sp³-hybridized carbons (Fsp3) is 0.467. The molecule has 3 rings (SSSR count). The highest BCUT2D eigenvalue weighted by Gasteiger charge is 2.29. The summed E-state index contributed by atoms with van der Waals surface area (Å²) in [5.74, 6) is 0.743. The molecule has 1 aliphatic heterocycles. The van der Waals surface area contributed by atoms with Crippen molar-refractivity contribution in [2.45, 2.75) is 32.4 Å². The molecule has 2 heterocycles. The minimum absolute atomic E-state index is 0.142. The maximum Gasteiger partial charge on any atom is 0.138 e. The number of halogens is 1. The second kappa shape index (κ2) is 4.15. The summed E-state index contributed by atoms with van der Waals surface area (Å²) in [6, 6.07) is 4.05. The minimum atomic E-state index is 0.142. The van der Waals surface area contributed by atoms with Crippen LogP contribution in [0.2, 0.25) is 5.02 Å². The van der Waals surface area contributed by atoms with E-state index in [1.807, 2.05) is 6.07 Å². The molecule has 102 valence electrons. The Hall–Kier alpha value is -1.19. The van der Waals surface area contributed by atoms with E-state index in [2.05, 4.69) is 36.8 Å². The van der Waals surface area contributed by atoms with Crippen LogP contribution in [-0.4, -0.2) is 17.2 Å². The number of rotatable bonds is 1. The predicted octanol–water partition coefficient (Wildman–Crippen LogP) is 3.26. The van der Waals surface area contributed by atoms with Crippen molar-refractivity contribution >= 4 is 22.5 Å². The van der Waals surface area contributed by atoms with Crippen molar-refractivity contribution in [3.8, 4) is 5.75 Å². The van der Waals surface area contributed by atoms with E-state index < -0.39 is 0 Å². The summed E-state index contributed by atoms with van der Waals surface area (Å²) in [5.41, 5.74) is 4.08. The summed E-state index contributed by atoms with van der Waals surface area (Å²) in [7, 11) is 3.77. The molecule has 0 radical (unpaired) electrons. The molecule has 1 aliphatic rings. The molecule has 0 bridgehead atoms. The van der Waals surface area contributed by atoms with Crippen LogP contribution in [0.1, 0.15) is 25.1 Å². The number of aryl methyl sites for hydroxylation is 1. The van der Waals surface area contributed by atoms with Crippen LogP contribution < -0.4 is 10.1 Å². The first kappa shape index (κ1) is 12.8. The lowest BCUT2D eigenvalue weighted by atomic mass is 9.91. The lowest BCUT2D eigenvalue weighted by Gasteiger charge is -2.32. The van der Waals surface area contributed by atoms with Gasteiger partial charge in [0, 0.05) is 36.6 Å². The first-order chi connectivity index (χ1) is 8.93. The third-order valence-electron chi connectivity index (χ3n) is 4.06. The summed E-state index contributed by atoms with van der Waals surface area (Å²) in [4.78, 5) is 0. The van der Waals surface area contributed by atoms with E-state index in [-0.39, 0.29) is 5.54 Å². The number of nitrogens with one attached hydrogen (secondary N) is 1. The van der Waals surface area contributed by atoms with Crippen LogP contribution in [0, 0.1) is 0 Å². The smallest absolute Gasteiger partial charge is 0.138 e. The maximum absolute atomic E-state index is 6.24. The van der Waals surface area contributed by atoms with Gasteiger partial charge in [-0.3, -0.25) is 0 Å². The van der Waals surface area contributed by atoms with Gasteiger partial charge in [-0.05, 0) is 31.5 Å². The highest BCUT2D eigenvalue weighted by molar-refractivity contribution is 6.32. The normalized spacial score (nSPS) is 17.5. The lowest BCUT2D eigenvalue weighted by molar-refractivity contribution is 0.356. The van der Waals surface area contributed by atoms with Crippen molar-refractivity contribution in [3.63, 3.8) is 0 Å². The number of nitrogens with zero attached hydrogens (tertiary/aromatic N) is 1. The quantitative estimate of drug-likeness (QED) is 0.866. The maximum atomic E-state index is 6.24. The van der Waals surface area contributed by atoms with Gasteiger partial charge in [-0.2, -0.15) is 0 Å². The van der Waals surface area contributed by atoms with E-state index in [0.717, 1.165) is 18.7 Å². The minimum Gasteiger partial charge on any atom is -0.495 e. The number of benzene rings is 1. The molecule has 1 aromatic carbocycles. The molecule has 19 heavy (non-hydrogen) atoms. The highest BCUT2D eigenvalue weighted by Crippen LogP contribution is 2.37. The molecule has 0 fully saturated rings. The second-order valence-corrected chi connectivity index (χ2v) is 6.31. The Bertz CT molecular complexity index is 658. The first-order valence-electron chi connectivity index (χ1n) is 6.51. The summed E-state index contributed by atoms with van der Waals surface area (Å²) in [6.07, 6.45) is 1.02. The molecule has 2 aromatic rings. The Morgan fingerprint density at radius 1 is 1.37 bits per heavy atom. The van der Waals surface area contributed by atoms with Gasteiger partial charge in [-0.25, -0.2) is 0 Å². The Morgan fingerprint density at radius 2 is 2.11 bits per heavy atom. The van der Waals surface area contributed by atoms with Gasteiger partial charge in [-0.1, -0.05) is 11.6 Å². The Kier molecular flexibility index (Phi) is 2.80. The van der Waals surface area contributed by atoms with Gasteiger partial charge in [0.15, 0.2) is 0 Å². The molecule has 1 aromatic heterocycles. The fourth-order valence-corrected chi connectivity index (χ4v) is 3.19. The summed E-state index contributed by atoms with van der Waals surface area (Å²) >= 11 is 6.24. The van der Waals surface area contributed by atoms with E-state index in [9.17, 15) is 0 Å². The summed E-state index contributed by atoms with van der Waals surface area (Å²) < 4.78 is 7.60.